The van der Waals surface area contributed by atoms with E-state index in [1.165, 1.54) is 0 Å². The van der Waals surface area contributed by atoms with Crippen molar-refractivity contribution in [3.05, 3.63) is 0 Å². The number of aromatic nitrogens is 3. The Morgan fingerprint density at radius 3 is 2.20 bits per heavy atom. The summed E-state index contributed by atoms with van der Waals surface area (Å²) < 4.78 is 0. The Hall–Kier alpha value is -1.59. The first kappa shape index (κ1) is 14.8. The summed E-state index contributed by atoms with van der Waals surface area (Å²) >= 11 is 0. The van der Waals surface area contributed by atoms with E-state index in [1.54, 1.807) is 0 Å². The Morgan fingerprint density at radius 2 is 1.70 bits per heavy atom. The summed E-state index contributed by atoms with van der Waals surface area (Å²) in [6.07, 6.45) is 0. The van der Waals surface area contributed by atoms with Crippen molar-refractivity contribution in [3.63, 3.8) is 0 Å². The Morgan fingerprint density at radius 1 is 1.10 bits per heavy atom. The molecule has 1 fully saturated rings. The third-order valence-corrected chi connectivity index (χ3v) is 4.15. The van der Waals surface area contributed by atoms with Crippen molar-refractivity contribution in [2.24, 2.45) is 11.8 Å². The lowest BCUT2D eigenvalue weighted by molar-refractivity contribution is 0.494. The van der Waals surface area contributed by atoms with Gasteiger partial charge in [0.1, 0.15) is 0 Å². The molecule has 0 bridgehead atoms. The normalized spacial score (nSPS) is 22.1. The van der Waals surface area contributed by atoms with Crippen molar-refractivity contribution in [2.75, 3.05) is 48.3 Å². The third-order valence-electron chi connectivity index (χ3n) is 4.15. The molecular formula is C14H26N6. The summed E-state index contributed by atoms with van der Waals surface area (Å²) in [6, 6.07) is 0. The Kier molecular flexibility index (Phi) is 4.62. The molecule has 1 aliphatic heterocycles. The molecule has 0 spiro atoms. The molecule has 112 valence electrons. The molecule has 2 heterocycles. The lowest BCUT2D eigenvalue weighted by Gasteiger charge is -2.22. The van der Waals surface area contributed by atoms with Crippen LogP contribution in [0.2, 0.25) is 0 Å². The van der Waals surface area contributed by atoms with Crippen molar-refractivity contribution in [1.82, 2.24) is 15.0 Å². The van der Waals surface area contributed by atoms with Crippen molar-refractivity contribution < 1.29 is 0 Å². The Bertz CT molecular complexity index is 435. The average molecular weight is 278 g/mol. The lowest BCUT2D eigenvalue weighted by atomic mass is 10.0. The number of nitrogens with zero attached hydrogens (tertiary/aromatic N) is 5. The first-order valence-electron chi connectivity index (χ1n) is 7.52. The van der Waals surface area contributed by atoms with Gasteiger partial charge in [-0.05, 0) is 25.7 Å². The van der Waals surface area contributed by atoms with Crippen LogP contribution in [0.4, 0.5) is 17.8 Å². The van der Waals surface area contributed by atoms with Crippen LogP contribution in [-0.4, -0.2) is 48.2 Å². The lowest BCUT2D eigenvalue weighted by Crippen LogP contribution is -2.28. The van der Waals surface area contributed by atoms with Crippen molar-refractivity contribution in [1.29, 1.82) is 0 Å². The van der Waals surface area contributed by atoms with E-state index in [2.05, 4.69) is 57.8 Å². The predicted octanol–water partition coefficient (Wildman–Crippen LogP) is 1.85. The molecule has 1 aromatic heterocycles. The summed E-state index contributed by atoms with van der Waals surface area (Å²) in [6.45, 7) is 12.6. The first-order chi connectivity index (χ1) is 9.58. The zero-order valence-electron chi connectivity index (χ0n) is 13.2. The first-order valence-corrected chi connectivity index (χ1v) is 7.52. The van der Waals surface area contributed by atoms with Crippen LogP contribution in [-0.2, 0) is 0 Å². The fourth-order valence-corrected chi connectivity index (χ4v) is 2.55. The number of nitrogens with one attached hydrogen (secondary N) is 1. The number of anilines is 3. The molecule has 1 saturated heterocycles. The van der Waals surface area contributed by atoms with E-state index < -0.39 is 0 Å². The zero-order chi connectivity index (χ0) is 14.7. The molecule has 6 nitrogen and oxygen atoms in total. The van der Waals surface area contributed by atoms with Gasteiger partial charge >= 0.3 is 0 Å². The fraction of sp³-hybridized carbons (Fsp3) is 0.786. The van der Waals surface area contributed by atoms with Crippen LogP contribution in [0.25, 0.3) is 0 Å². The van der Waals surface area contributed by atoms with E-state index >= 15 is 0 Å². The van der Waals surface area contributed by atoms with Gasteiger partial charge in [0, 0.05) is 33.2 Å². The van der Waals surface area contributed by atoms with Crippen molar-refractivity contribution in [2.45, 2.75) is 27.7 Å². The number of hydrogen-bond acceptors (Lipinski definition) is 6. The van der Waals surface area contributed by atoms with Crippen molar-refractivity contribution in [3.8, 4) is 0 Å². The number of rotatable bonds is 5. The monoisotopic (exact) mass is 278 g/mol. The second-order valence-corrected chi connectivity index (χ2v) is 5.54. The average Bonchev–Trinajstić information content (AvgIpc) is 2.80. The highest BCUT2D eigenvalue weighted by molar-refractivity contribution is 5.45. The minimum atomic E-state index is 0.643. The molecule has 6 heteroatoms. The van der Waals surface area contributed by atoms with Gasteiger partial charge in [-0.3, -0.25) is 0 Å². The van der Waals surface area contributed by atoms with Crippen LogP contribution in [0.1, 0.15) is 27.7 Å². The predicted molar refractivity (Wildman–Crippen MR) is 83.5 cm³/mol. The molecule has 0 aromatic carbocycles. The molecule has 0 saturated carbocycles. The maximum absolute atomic E-state index is 4.66. The molecule has 0 amide bonds. The quantitative estimate of drug-likeness (QED) is 0.887. The van der Waals surface area contributed by atoms with Gasteiger partial charge < -0.3 is 15.1 Å². The van der Waals surface area contributed by atoms with Crippen LogP contribution >= 0.6 is 0 Å². The van der Waals surface area contributed by atoms with Crippen LogP contribution in [0, 0.1) is 11.8 Å². The highest BCUT2D eigenvalue weighted by Gasteiger charge is 2.28. The van der Waals surface area contributed by atoms with E-state index in [4.69, 9.17) is 0 Å². The van der Waals surface area contributed by atoms with E-state index in [1.807, 2.05) is 7.05 Å². The summed E-state index contributed by atoms with van der Waals surface area (Å²) in [7, 11) is 1.85. The van der Waals surface area contributed by atoms with E-state index in [0.717, 1.165) is 38.1 Å². The molecule has 1 N–H and O–H groups in total. The van der Waals surface area contributed by atoms with Crippen LogP contribution < -0.4 is 15.1 Å². The highest BCUT2D eigenvalue weighted by Crippen LogP contribution is 2.26. The smallest absolute Gasteiger partial charge is 0.231 e. The SMILES string of the molecule is CCN(CC)c1nc(NC)nc(N2CC(C)C(C)C2)n1. The minimum Gasteiger partial charge on any atom is -0.357 e. The van der Waals surface area contributed by atoms with Gasteiger partial charge in [-0.2, -0.15) is 15.0 Å². The van der Waals surface area contributed by atoms with E-state index in [9.17, 15) is 0 Å². The number of hydrogen-bond donors (Lipinski definition) is 1. The zero-order valence-corrected chi connectivity index (χ0v) is 13.2. The minimum absolute atomic E-state index is 0.643. The van der Waals surface area contributed by atoms with Crippen LogP contribution in [0.15, 0.2) is 0 Å². The Balaban J connectivity index is 2.31. The van der Waals surface area contributed by atoms with Gasteiger partial charge in [-0.15, -0.1) is 0 Å². The second-order valence-electron chi connectivity index (χ2n) is 5.54. The largest absolute Gasteiger partial charge is 0.357 e. The van der Waals surface area contributed by atoms with Crippen LogP contribution in [0.5, 0.6) is 0 Å². The Labute approximate surface area is 121 Å². The standard InChI is InChI=1S/C14H26N6/c1-6-19(7-2)13-16-12(15-5)17-14(18-13)20-8-10(3)11(4)9-20/h10-11H,6-9H2,1-5H3,(H,15,16,17,18). The molecule has 1 aromatic rings. The van der Waals surface area contributed by atoms with E-state index in [0.29, 0.717) is 17.8 Å². The summed E-state index contributed by atoms with van der Waals surface area (Å²) in [5.74, 6) is 3.56. The summed E-state index contributed by atoms with van der Waals surface area (Å²) in [5, 5.41) is 3.04. The fourth-order valence-electron chi connectivity index (χ4n) is 2.55. The molecule has 20 heavy (non-hydrogen) atoms. The molecule has 1 aliphatic rings. The maximum atomic E-state index is 4.66. The van der Waals surface area contributed by atoms with Gasteiger partial charge in [-0.1, -0.05) is 13.8 Å². The molecular weight excluding hydrogens is 252 g/mol. The summed E-state index contributed by atoms with van der Waals surface area (Å²) in [4.78, 5) is 18.1. The van der Waals surface area contributed by atoms with Gasteiger partial charge in [0.25, 0.3) is 0 Å². The molecule has 0 radical (unpaired) electrons. The second kappa shape index (κ2) is 6.24. The summed E-state index contributed by atoms with van der Waals surface area (Å²) in [5.41, 5.74) is 0. The molecule has 0 aliphatic carbocycles. The maximum Gasteiger partial charge on any atom is 0.231 e. The molecule has 2 unspecified atom stereocenters. The van der Waals surface area contributed by atoms with Gasteiger partial charge in [0.05, 0.1) is 0 Å². The van der Waals surface area contributed by atoms with E-state index in [-0.39, 0.29) is 0 Å². The van der Waals surface area contributed by atoms with Gasteiger partial charge in [0.2, 0.25) is 17.8 Å². The third kappa shape index (κ3) is 2.94. The van der Waals surface area contributed by atoms with Crippen molar-refractivity contribution >= 4 is 17.8 Å². The van der Waals surface area contributed by atoms with Gasteiger partial charge in [0.15, 0.2) is 0 Å². The molecule has 2 rings (SSSR count). The highest BCUT2D eigenvalue weighted by atomic mass is 15.4. The van der Waals surface area contributed by atoms with Gasteiger partial charge in [-0.25, -0.2) is 0 Å². The molecule has 2 atom stereocenters. The topological polar surface area (TPSA) is 57.2 Å². The van der Waals surface area contributed by atoms with Crippen LogP contribution in [0.3, 0.4) is 0 Å².